The van der Waals surface area contributed by atoms with Gasteiger partial charge in [0.2, 0.25) is 0 Å². The maximum Gasteiger partial charge on any atom is 0.164 e. The molecule has 11 aromatic rings. The van der Waals surface area contributed by atoms with E-state index >= 15 is 0 Å². The lowest BCUT2D eigenvalue weighted by Crippen LogP contribution is -2.15. The first kappa shape index (κ1) is 33.5. The molecule has 3 aromatic heterocycles. The third kappa shape index (κ3) is 5.14. The van der Waals surface area contributed by atoms with Gasteiger partial charge in [-0.3, -0.25) is 0 Å². The first-order valence-corrected chi connectivity index (χ1v) is 20.1. The number of rotatable bonds is 5. The predicted octanol–water partition coefficient (Wildman–Crippen LogP) is 13.8. The Morgan fingerprint density at radius 3 is 1.73 bits per heavy atom. The summed E-state index contributed by atoms with van der Waals surface area (Å²) in [5, 5.41) is 4.61. The van der Waals surface area contributed by atoms with Crippen LogP contribution in [-0.2, 0) is 5.41 Å². The Balaban J connectivity index is 0.980. The number of aromatic nitrogens is 4. The van der Waals surface area contributed by atoms with Crippen LogP contribution in [0.4, 0.5) is 0 Å². The van der Waals surface area contributed by atoms with Crippen LogP contribution < -0.4 is 0 Å². The van der Waals surface area contributed by atoms with Crippen molar-refractivity contribution in [1.82, 2.24) is 19.5 Å². The first-order valence-electron chi connectivity index (χ1n) is 20.1. The summed E-state index contributed by atoms with van der Waals surface area (Å²) in [5.74, 6) is 1.93. The molecule has 8 aromatic carbocycles. The minimum absolute atomic E-state index is 0.269. The molecule has 0 unspecified atom stereocenters. The number of furan rings is 1. The van der Waals surface area contributed by atoms with Gasteiger partial charge in [-0.05, 0) is 82.4 Å². The summed E-state index contributed by atoms with van der Waals surface area (Å²) in [6, 6.07) is 64.2. The number of nitrogens with zero attached hydrogens (tertiary/aromatic N) is 4. The zero-order chi connectivity index (χ0) is 39.2. The van der Waals surface area contributed by atoms with E-state index in [2.05, 4.69) is 170 Å². The number of benzene rings is 8. The molecule has 0 amide bonds. The lowest BCUT2D eigenvalue weighted by atomic mass is 9.81. The van der Waals surface area contributed by atoms with Crippen molar-refractivity contribution < 1.29 is 4.42 Å². The van der Waals surface area contributed by atoms with Crippen LogP contribution in [0.25, 0.3) is 106 Å². The third-order valence-electron chi connectivity index (χ3n) is 12.3. The molecule has 0 aliphatic heterocycles. The number of hydrogen-bond acceptors (Lipinski definition) is 4. The quantitative estimate of drug-likeness (QED) is 0.175. The molecule has 0 atom stereocenters. The van der Waals surface area contributed by atoms with E-state index in [0.717, 1.165) is 71.9 Å². The van der Waals surface area contributed by atoms with E-state index < -0.39 is 0 Å². The van der Waals surface area contributed by atoms with Crippen molar-refractivity contribution >= 4 is 43.7 Å². The van der Waals surface area contributed by atoms with E-state index in [0.29, 0.717) is 17.5 Å². The lowest BCUT2D eigenvalue weighted by molar-refractivity contribution is 0.660. The van der Waals surface area contributed by atoms with Gasteiger partial charge in [-0.1, -0.05) is 141 Å². The minimum atomic E-state index is -0.269. The molecule has 0 saturated carbocycles. The van der Waals surface area contributed by atoms with Gasteiger partial charge in [0.25, 0.3) is 0 Å². The standard InChI is InChI=1S/C54H36N4O/c1-54(2)45-31-34(38-20-13-21-43-42-19-10-12-23-49(42)59-50(38)43)24-27-39(45)40-28-25-36(32-46(40)54)53-56-51(33-14-5-3-6-15-33)55-52(57-53)35-26-29-48-44(30-35)41-18-9-11-22-47(41)58(48)37-16-7-4-8-17-37/h3-32H,1-2H3. The van der Waals surface area contributed by atoms with Crippen molar-refractivity contribution in [2.45, 2.75) is 19.3 Å². The van der Waals surface area contributed by atoms with Crippen molar-refractivity contribution in [3.8, 4) is 62.1 Å². The van der Waals surface area contributed by atoms with Crippen LogP contribution >= 0.6 is 0 Å². The van der Waals surface area contributed by atoms with Gasteiger partial charge in [0.05, 0.1) is 11.0 Å². The zero-order valence-electron chi connectivity index (χ0n) is 32.5. The monoisotopic (exact) mass is 756 g/mol. The van der Waals surface area contributed by atoms with Crippen LogP contribution in [0.3, 0.4) is 0 Å². The highest BCUT2D eigenvalue weighted by Crippen LogP contribution is 2.51. The average molecular weight is 757 g/mol. The summed E-state index contributed by atoms with van der Waals surface area (Å²) in [5.41, 5.74) is 15.1. The minimum Gasteiger partial charge on any atom is -0.455 e. The number of hydrogen-bond donors (Lipinski definition) is 0. The first-order chi connectivity index (χ1) is 29.0. The van der Waals surface area contributed by atoms with Crippen LogP contribution in [0.5, 0.6) is 0 Å². The lowest BCUT2D eigenvalue weighted by Gasteiger charge is -2.22. The van der Waals surface area contributed by atoms with Crippen LogP contribution in [-0.4, -0.2) is 19.5 Å². The highest BCUT2D eigenvalue weighted by Gasteiger charge is 2.36. The van der Waals surface area contributed by atoms with E-state index in [1.54, 1.807) is 0 Å². The maximum absolute atomic E-state index is 6.46. The van der Waals surface area contributed by atoms with Gasteiger partial charge in [-0.25, -0.2) is 15.0 Å². The smallest absolute Gasteiger partial charge is 0.164 e. The molecule has 0 spiro atoms. The summed E-state index contributed by atoms with van der Waals surface area (Å²) in [4.78, 5) is 15.5. The van der Waals surface area contributed by atoms with E-state index in [-0.39, 0.29) is 5.41 Å². The van der Waals surface area contributed by atoms with Crippen molar-refractivity contribution in [2.75, 3.05) is 0 Å². The topological polar surface area (TPSA) is 56.7 Å². The van der Waals surface area contributed by atoms with Gasteiger partial charge in [0, 0.05) is 54.9 Å². The molecular formula is C54H36N4O. The molecule has 1 aliphatic carbocycles. The van der Waals surface area contributed by atoms with Gasteiger partial charge in [-0.15, -0.1) is 0 Å². The molecule has 0 bridgehead atoms. The van der Waals surface area contributed by atoms with E-state index in [1.807, 2.05) is 30.3 Å². The molecule has 59 heavy (non-hydrogen) atoms. The Labute approximate surface area is 340 Å². The number of fused-ring (bicyclic) bond motifs is 9. The summed E-state index contributed by atoms with van der Waals surface area (Å²) in [6.45, 7) is 4.64. The van der Waals surface area contributed by atoms with Gasteiger partial charge >= 0.3 is 0 Å². The summed E-state index contributed by atoms with van der Waals surface area (Å²) in [6.07, 6.45) is 0. The van der Waals surface area contributed by atoms with Gasteiger partial charge in [0.1, 0.15) is 11.2 Å². The van der Waals surface area contributed by atoms with Gasteiger partial charge in [-0.2, -0.15) is 0 Å². The highest BCUT2D eigenvalue weighted by atomic mass is 16.3. The molecule has 5 heteroatoms. The second kappa shape index (κ2) is 12.7. The largest absolute Gasteiger partial charge is 0.455 e. The van der Waals surface area contributed by atoms with Crippen molar-refractivity contribution in [1.29, 1.82) is 0 Å². The van der Waals surface area contributed by atoms with E-state index in [1.165, 1.54) is 27.6 Å². The molecule has 278 valence electrons. The third-order valence-corrected chi connectivity index (χ3v) is 12.3. The van der Waals surface area contributed by atoms with Crippen LogP contribution in [0, 0.1) is 0 Å². The summed E-state index contributed by atoms with van der Waals surface area (Å²) in [7, 11) is 0. The van der Waals surface area contributed by atoms with E-state index in [4.69, 9.17) is 19.4 Å². The second-order valence-corrected chi connectivity index (χ2v) is 16.0. The van der Waals surface area contributed by atoms with Crippen molar-refractivity contribution in [3.05, 3.63) is 193 Å². The van der Waals surface area contributed by atoms with Crippen LogP contribution in [0.2, 0.25) is 0 Å². The fourth-order valence-electron chi connectivity index (χ4n) is 9.34. The fraction of sp³-hybridized carbons (Fsp3) is 0.0556. The molecular weight excluding hydrogens is 721 g/mol. The predicted molar refractivity (Wildman–Crippen MR) is 241 cm³/mol. The number of para-hydroxylation sites is 4. The van der Waals surface area contributed by atoms with Crippen LogP contribution in [0.15, 0.2) is 186 Å². The van der Waals surface area contributed by atoms with E-state index in [9.17, 15) is 0 Å². The fourth-order valence-corrected chi connectivity index (χ4v) is 9.34. The Morgan fingerprint density at radius 1 is 0.407 bits per heavy atom. The Bertz CT molecular complexity index is 3470. The SMILES string of the molecule is CC1(C)c2cc(-c3nc(-c4ccccc4)nc(-c4ccc5c(c4)c4ccccc4n5-c4ccccc4)n3)ccc2-c2ccc(-c3cccc4c3oc3ccccc34)cc21. The molecule has 3 heterocycles. The van der Waals surface area contributed by atoms with Gasteiger partial charge in [0.15, 0.2) is 17.5 Å². The Kier molecular flexibility index (Phi) is 7.20. The molecule has 1 aliphatic rings. The molecule has 12 rings (SSSR count). The molecule has 5 nitrogen and oxygen atoms in total. The molecule has 0 fully saturated rings. The van der Waals surface area contributed by atoms with Crippen molar-refractivity contribution in [2.24, 2.45) is 0 Å². The second-order valence-electron chi connectivity index (χ2n) is 16.0. The van der Waals surface area contributed by atoms with Crippen molar-refractivity contribution in [3.63, 3.8) is 0 Å². The highest BCUT2D eigenvalue weighted by molar-refractivity contribution is 6.11. The molecule has 0 N–H and O–H groups in total. The Morgan fingerprint density at radius 2 is 0.966 bits per heavy atom. The average Bonchev–Trinajstić information content (AvgIpc) is 3.91. The summed E-state index contributed by atoms with van der Waals surface area (Å²) < 4.78 is 8.79. The van der Waals surface area contributed by atoms with Gasteiger partial charge < -0.3 is 8.98 Å². The molecule has 0 saturated heterocycles. The van der Waals surface area contributed by atoms with Crippen LogP contribution in [0.1, 0.15) is 25.0 Å². The molecule has 0 radical (unpaired) electrons. The Hall–Kier alpha value is -7.63. The maximum atomic E-state index is 6.46. The normalized spacial score (nSPS) is 13.1. The summed E-state index contributed by atoms with van der Waals surface area (Å²) >= 11 is 0. The zero-order valence-corrected chi connectivity index (χ0v) is 32.5.